The lowest BCUT2D eigenvalue weighted by Gasteiger charge is -2.15. The third-order valence-corrected chi connectivity index (χ3v) is 5.64. The molecule has 0 fully saturated rings. The van der Waals surface area contributed by atoms with Crippen LogP contribution >= 0.6 is 23.2 Å². The van der Waals surface area contributed by atoms with E-state index >= 15 is 0 Å². The monoisotopic (exact) mass is 467 g/mol. The predicted molar refractivity (Wildman–Crippen MR) is 109 cm³/mol. The number of ether oxygens (including phenoxy) is 1. The number of urea groups is 1. The molecule has 0 aliphatic heterocycles. The Morgan fingerprint density at radius 1 is 1.10 bits per heavy atom. The van der Waals surface area contributed by atoms with Crippen molar-refractivity contribution in [2.75, 3.05) is 13.1 Å². The number of esters is 1. The molecular weight excluding hydrogens is 445 g/mol. The van der Waals surface area contributed by atoms with Gasteiger partial charge in [-0.1, -0.05) is 37.0 Å². The first-order chi connectivity index (χ1) is 13.4. The van der Waals surface area contributed by atoms with Crippen molar-refractivity contribution in [1.29, 1.82) is 0 Å². The molecule has 1 aromatic carbocycles. The van der Waals surface area contributed by atoms with Gasteiger partial charge in [-0.25, -0.2) is 22.7 Å². The van der Waals surface area contributed by atoms with Crippen LogP contribution in [0.3, 0.4) is 0 Å². The third kappa shape index (κ3) is 7.46. The van der Waals surface area contributed by atoms with Crippen LogP contribution in [-0.2, 0) is 19.6 Å². The Bertz CT molecular complexity index is 889. The van der Waals surface area contributed by atoms with Crippen LogP contribution in [0.15, 0.2) is 17.0 Å². The Morgan fingerprint density at radius 2 is 1.72 bits per heavy atom. The number of carbonyl (C=O) groups excluding carboxylic acids is 3. The van der Waals surface area contributed by atoms with Crippen molar-refractivity contribution in [3.8, 4) is 0 Å². The fraction of sp³-hybridized carbons (Fsp3) is 0.471. The Kier molecular flexibility index (Phi) is 9.34. The van der Waals surface area contributed by atoms with Gasteiger partial charge in [-0.05, 0) is 31.9 Å². The van der Waals surface area contributed by atoms with E-state index in [2.05, 4.69) is 10.0 Å². The molecule has 0 saturated heterocycles. The molecule has 0 aromatic heterocycles. The number of halogens is 2. The smallest absolute Gasteiger partial charge is 0.340 e. The summed E-state index contributed by atoms with van der Waals surface area (Å²) in [7, 11) is -4.01. The lowest BCUT2D eigenvalue weighted by atomic mass is 10.2. The van der Waals surface area contributed by atoms with E-state index in [1.54, 1.807) is 6.92 Å². The van der Waals surface area contributed by atoms with E-state index in [4.69, 9.17) is 27.9 Å². The largest absolute Gasteiger partial charge is 0.449 e. The van der Waals surface area contributed by atoms with E-state index in [9.17, 15) is 22.8 Å². The van der Waals surface area contributed by atoms with Crippen molar-refractivity contribution >= 4 is 51.1 Å². The molecule has 1 rings (SSSR count). The molecule has 0 aliphatic carbocycles. The van der Waals surface area contributed by atoms with E-state index in [-0.39, 0.29) is 33.0 Å². The van der Waals surface area contributed by atoms with Gasteiger partial charge in [0.1, 0.15) is 4.90 Å². The van der Waals surface area contributed by atoms with Crippen LogP contribution in [0.5, 0.6) is 0 Å². The van der Waals surface area contributed by atoms with E-state index in [0.717, 1.165) is 12.1 Å². The molecule has 162 valence electrons. The average Bonchev–Trinajstić information content (AvgIpc) is 2.59. The normalized spacial score (nSPS) is 12.4. The number of nitrogens with one attached hydrogen (secondary N) is 3. The molecule has 0 unspecified atom stereocenters. The maximum atomic E-state index is 12.5. The molecule has 3 N–H and O–H groups in total. The molecule has 0 bridgehead atoms. The molecule has 12 heteroatoms. The molecule has 1 aromatic rings. The highest BCUT2D eigenvalue weighted by Crippen LogP contribution is 2.29. The van der Waals surface area contributed by atoms with Gasteiger partial charge in [-0.2, -0.15) is 0 Å². The van der Waals surface area contributed by atoms with Gasteiger partial charge in [0.15, 0.2) is 6.10 Å². The maximum absolute atomic E-state index is 12.5. The van der Waals surface area contributed by atoms with Crippen LogP contribution in [0.4, 0.5) is 4.79 Å². The topological polar surface area (TPSA) is 131 Å². The van der Waals surface area contributed by atoms with Crippen molar-refractivity contribution < 1.29 is 27.5 Å². The average molecular weight is 468 g/mol. The SMILES string of the molecule is CCNC(=O)NC(=O)[C@@H](C)OC(=O)c1cc(S(=O)(=O)NCC(C)C)c(Cl)cc1Cl. The molecule has 29 heavy (non-hydrogen) atoms. The Hall–Kier alpha value is -1.88. The van der Waals surface area contributed by atoms with Gasteiger partial charge >= 0.3 is 12.0 Å². The first-order valence-corrected chi connectivity index (χ1v) is 10.9. The maximum Gasteiger partial charge on any atom is 0.340 e. The van der Waals surface area contributed by atoms with Crippen LogP contribution in [0.25, 0.3) is 0 Å². The summed E-state index contributed by atoms with van der Waals surface area (Å²) < 4.78 is 32.3. The first-order valence-electron chi connectivity index (χ1n) is 8.67. The number of imide groups is 1. The van der Waals surface area contributed by atoms with Gasteiger partial charge in [0.2, 0.25) is 10.0 Å². The zero-order valence-electron chi connectivity index (χ0n) is 16.3. The van der Waals surface area contributed by atoms with Crippen LogP contribution in [0.2, 0.25) is 10.0 Å². The number of hydrogen-bond acceptors (Lipinski definition) is 6. The highest BCUT2D eigenvalue weighted by molar-refractivity contribution is 7.89. The van der Waals surface area contributed by atoms with E-state index in [0.29, 0.717) is 6.54 Å². The van der Waals surface area contributed by atoms with Crippen molar-refractivity contribution in [2.45, 2.75) is 38.7 Å². The quantitative estimate of drug-likeness (QED) is 0.502. The summed E-state index contributed by atoms with van der Waals surface area (Å²) in [5, 5.41) is 4.02. The van der Waals surface area contributed by atoms with Crippen molar-refractivity contribution in [3.63, 3.8) is 0 Å². The van der Waals surface area contributed by atoms with Crippen LogP contribution < -0.4 is 15.4 Å². The number of sulfonamides is 1. The van der Waals surface area contributed by atoms with Crippen molar-refractivity contribution in [3.05, 3.63) is 27.7 Å². The fourth-order valence-corrected chi connectivity index (χ4v) is 4.00. The van der Waals surface area contributed by atoms with Crippen molar-refractivity contribution in [1.82, 2.24) is 15.4 Å². The Labute approximate surface area is 179 Å². The van der Waals surface area contributed by atoms with Crippen molar-refractivity contribution in [2.24, 2.45) is 5.92 Å². The Balaban J connectivity index is 3.04. The summed E-state index contributed by atoms with van der Waals surface area (Å²) >= 11 is 12.0. The van der Waals surface area contributed by atoms with Gasteiger partial charge in [0.25, 0.3) is 5.91 Å². The summed E-state index contributed by atoms with van der Waals surface area (Å²) in [4.78, 5) is 35.3. The molecule has 0 radical (unpaired) electrons. The number of amides is 3. The molecule has 3 amide bonds. The molecular formula is C17H23Cl2N3O6S. The van der Waals surface area contributed by atoms with Crippen LogP contribution in [0, 0.1) is 5.92 Å². The molecule has 9 nitrogen and oxygen atoms in total. The fourth-order valence-electron chi connectivity index (χ4n) is 1.94. The first kappa shape index (κ1) is 25.2. The number of benzene rings is 1. The molecule has 1 atom stereocenters. The van der Waals surface area contributed by atoms with E-state index < -0.39 is 34.0 Å². The second-order valence-electron chi connectivity index (χ2n) is 6.40. The minimum absolute atomic E-state index is 0.0459. The zero-order valence-corrected chi connectivity index (χ0v) is 18.7. The van der Waals surface area contributed by atoms with E-state index in [1.807, 2.05) is 19.2 Å². The van der Waals surface area contributed by atoms with Crippen LogP contribution in [-0.4, -0.2) is 45.5 Å². The molecule has 0 spiro atoms. The summed E-state index contributed by atoms with van der Waals surface area (Å²) in [6.45, 7) is 7.02. The summed E-state index contributed by atoms with van der Waals surface area (Å²) in [6.07, 6.45) is -1.34. The minimum Gasteiger partial charge on any atom is -0.449 e. The van der Waals surface area contributed by atoms with Gasteiger partial charge < -0.3 is 10.1 Å². The summed E-state index contributed by atoms with van der Waals surface area (Å²) in [6, 6.07) is 1.34. The minimum atomic E-state index is -4.01. The molecule has 0 heterocycles. The number of rotatable bonds is 8. The van der Waals surface area contributed by atoms with E-state index in [1.165, 1.54) is 6.92 Å². The predicted octanol–water partition coefficient (Wildman–Crippen LogP) is 2.32. The highest BCUT2D eigenvalue weighted by Gasteiger charge is 2.26. The number of hydrogen-bond donors (Lipinski definition) is 3. The summed E-state index contributed by atoms with van der Waals surface area (Å²) in [5.74, 6) is -1.86. The lowest BCUT2D eigenvalue weighted by molar-refractivity contribution is -0.127. The number of carbonyl (C=O) groups is 3. The zero-order chi connectivity index (χ0) is 22.4. The second-order valence-corrected chi connectivity index (χ2v) is 8.95. The van der Waals surface area contributed by atoms with Gasteiger partial charge in [0, 0.05) is 13.1 Å². The molecule has 0 aliphatic rings. The second kappa shape index (κ2) is 10.8. The van der Waals surface area contributed by atoms with Crippen LogP contribution in [0.1, 0.15) is 38.1 Å². The lowest BCUT2D eigenvalue weighted by Crippen LogP contribution is -2.44. The van der Waals surface area contributed by atoms with Gasteiger partial charge in [-0.3, -0.25) is 10.1 Å². The van der Waals surface area contributed by atoms with Gasteiger partial charge in [-0.15, -0.1) is 0 Å². The summed E-state index contributed by atoms with van der Waals surface area (Å²) in [5.41, 5.74) is -0.293. The third-order valence-electron chi connectivity index (χ3n) is 3.44. The highest BCUT2D eigenvalue weighted by atomic mass is 35.5. The standard InChI is InChI=1S/C17H23Cl2N3O6S/c1-5-20-17(25)22-15(23)10(4)28-16(24)11-6-14(13(19)7-12(11)18)29(26,27)21-8-9(2)3/h6-7,9-10,21H,5,8H2,1-4H3,(H2,20,22,23,25)/t10-/m1/s1. The molecule has 0 saturated carbocycles. The Morgan fingerprint density at radius 3 is 2.28 bits per heavy atom. The van der Waals surface area contributed by atoms with Gasteiger partial charge in [0.05, 0.1) is 15.6 Å².